The maximum atomic E-state index is 12.2. The van der Waals surface area contributed by atoms with Crippen LogP contribution in [0.3, 0.4) is 0 Å². The van der Waals surface area contributed by atoms with Crippen molar-refractivity contribution in [2.75, 3.05) is 5.32 Å². The van der Waals surface area contributed by atoms with Gasteiger partial charge in [-0.3, -0.25) is 9.78 Å². The van der Waals surface area contributed by atoms with E-state index in [-0.39, 0.29) is 11.1 Å². The fraction of sp³-hybridized carbons (Fsp3) is 0.250. The molecule has 3 aromatic rings. The minimum Gasteiger partial charge on any atom is -0.351 e. The highest BCUT2D eigenvalue weighted by Gasteiger charge is 2.14. The van der Waals surface area contributed by atoms with Crippen molar-refractivity contribution >= 4 is 39.1 Å². The molecule has 0 amide bonds. The first-order chi connectivity index (χ1) is 10.3. The normalized spacial score (nSPS) is 11.8. The van der Waals surface area contributed by atoms with Crippen molar-refractivity contribution in [1.82, 2.24) is 9.97 Å². The second-order valence-corrected chi connectivity index (χ2v) is 7.59. The van der Waals surface area contributed by atoms with Crippen LogP contribution in [0.5, 0.6) is 0 Å². The van der Waals surface area contributed by atoms with E-state index in [1.165, 1.54) is 11.3 Å². The summed E-state index contributed by atoms with van der Waals surface area (Å²) in [6, 6.07) is 9.43. The topological polar surface area (TPSA) is 57.8 Å². The number of aromatic nitrogens is 2. The molecule has 0 unspecified atom stereocenters. The molecule has 4 nitrogen and oxygen atoms in total. The van der Waals surface area contributed by atoms with Gasteiger partial charge < -0.3 is 5.32 Å². The summed E-state index contributed by atoms with van der Waals surface area (Å²) in [5.41, 5.74) is 0.727. The lowest BCUT2D eigenvalue weighted by molar-refractivity contribution is 0.626. The van der Waals surface area contributed by atoms with E-state index in [1.54, 1.807) is 0 Å². The summed E-state index contributed by atoms with van der Waals surface area (Å²) in [4.78, 5) is 21.3. The van der Waals surface area contributed by atoms with Crippen LogP contribution in [0.15, 0.2) is 35.1 Å². The fourth-order valence-corrected chi connectivity index (χ4v) is 3.27. The Morgan fingerprint density at radius 2 is 1.91 bits per heavy atom. The van der Waals surface area contributed by atoms with Crippen molar-refractivity contribution in [3.63, 3.8) is 0 Å². The molecule has 2 heterocycles. The Bertz CT molecular complexity index is 875. The van der Waals surface area contributed by atoms with Crippen LogP contribution in [0.25, 0.3) is 20.7 Å². The Balaban J connectivity index is 2.08. The van der Waals surface area contributed by atoms with Gasteiger partial charge in [-0.2, -0.15) is 0 Å². The SMILES string of the molecule is CC(C)(C)Nc1nc2sc(-c3ccc(Cl)cc3)cc2c(=O)[nH]1. The second kappa shape index (κ2) is 5.41. The molecule has 0 fully saturated rings. The van der Waals surface area contributed by atoms with Gasteiger partial charge in [0.25, 0.3) is 5.56 Å². The maximum Gasteiger partial charge on any atom is 0.261 e. The molecule has 0 atom stereocenters. The molecule has 22 heavy (non-hydrogen) atoms. The summed E-state index contributed by atoms with van der Waals surface area (Å²) in [7, 11) is 0. The predicted octanol–water partition coefficient (Wildman–Crippen LogP) is 4.52. The van der Waals surface area contributed by atoms with E-state index in [4.69, 9.17) is 11.6 Å². The lowest BCUT2D eigenvalue weighted by Crippen LogP contribution is -2.28. The molecule has 6 heteroatoms. The molecular formula is C16H16ClN3OS. The molecular weight excluding hydrogens is 318 g/mol. The third kappa shape index (κ3) is 3.15. The average Bonchev–Trinajstić information content (AvgIpc) is 2.82. The van der Waals surface area contributed by atoms with E-state index >= 15 is 0 Å². The Labute approximate surface area is 137 Å². The number of aromatic amines is 1. The van der Waals surface area contributed by atoms with E-state index in [0.717, 1.165) is 15.3 Å². The van der Waals surface area contributed by atoms with Crippen LogP contribution in [0.2, 0.25) is 5.02 Å². The van der Waals surface area contributed by atoms with Gasteiger partial charge in [0.1, 0.15) is 4.83 Å². The third-order valence-corrected chi connectivity index (χ3v) is 4.35. The first-order valence-electron chi connectivity index (χ1n) is 6.90. The number of hydrogen-bond acceptors (Lipinski definition) is 4. The van der Waals surface area contributed by atoms with Crippen LogP contribution in [-0.2, 0) is 0 Å². The third-order valence-electron chi connectivity index (χ3n) is 3.02. The van der Waals surface area contributed by atoms with Crippen LogP contribution in [0, 0.1) is 0 Å². The quantitative estimate of drug-likeness (QED) is 0.725. The minimum atomic E-state index is -0.167. The van der Waals surface area contributed by atoms with Crippen molar-refractivity contribution in [2.24, 2.45) is 0 Å². The number of rotatable bonds is 2. The van der Waals surface area contributed by atoms with Gasteiger partial charge in [-0.25, -0.2) is 4.98 Å². The van der Waals surface area contributed by atoms with Gasteiger partial charge in [0, 0.05) is 15.4 Å². The number of hydrogen-bond donors (Lipinski definition) is 2. The molecule has 0 saturated heterocycles. The van der Waals surface area contributed by atoms with E-state index in [0.29, 0.717) is 16.4 Å². The van der Waals surface area contributed by atoms with Gasteiger partial charge in [0.05, 0.1) is 5.39 Å². The zero-order valence-corrected chi connectivity index (χ0v) is 14.1. The summed E-state index contributed by atoms with van der Waals surface area (Å²) in [5.74, 6) is 0.495. The molecule has 0 aliphatic carbocycles. The zero-order chi connectivity index (χ0) is 15.9. The number of benzene rings is 1. The predicted molar refractivity (Wildman–Crippen MR) is 94.1 cm³/mol. The summed E-state index contributed by atoms with van der Waals surface area (Å²) >= 11 is 7.41. The van der Waals surface area contributed by atoms with E-state index in [9.17, 15) is 4.79 Å². The molecule has 1 aromatic carbocycles. The zero-order valence-electron chi connectivity index (χ0n) is 12.5. The van der Waals surface area contributed by atoms with Gasteiger partial charge in [0.15, 0.2) is 0 Å². The molecule has 0 saturated carbocycles. The molecule has 0 radical (unpaired) electrons. The van der Waals surface area contributed by atoms with Gasteiger partial charge in [-0.1, -0.05) is 23.7 Å². The summed E-state index contributed by atoms with van der Waals surface area (Å²) < 4.78 is 0. The smallest absolute Gasteiger partial charge is 0.261 e. The highest BCUT2D eigenvalue weighted by atomic mass is 35.5. The van der Waals surface area contributed by atoms with Crippen LogP contribution in [0.1, 0.15) is 20.8 Å². The lowest BCUT2D eigenvalue weighted by Gasteiger charge is -2.20. The number of fused-ring (bicyclic) bond motifs is 1. The Kier molecular flexibility index (Phi) is 3.70. The van der Waals surface area contributed by atoms with Crippen molar-refractivity contribution < 1.29 is 0 Å². The molecule has 0 aliphatic rings. The Morgan fingerprint density at radius 1 is 1.23 bits per heavy atom. The van der Waals surface area contributed by atoms with Crippen molar-refractivity contribution in [3.8, 4) is 10.4 Å². The van der Waals surface area contributed by atoms with E-state index < -0.39 is 0 Å². The molecule has 2 N–H and O–H groups in total. The maximum absolute atomic E-state index is 12.2. The van der Waals surface area contributed by atoms with Gasteiger partial charge >= 0.3 is 0 Å². The lowest BCUT2D eigenvalue weighted by atomic mass is 10.1. The number of nitrogens with zero attached hydrogens (tertiary/aromatic N) is 1. The monoisotopic (exact) mass is 333 g/mol. The molecule has 0 spiro atoms. The van der Waals surface area contributed by atoms with Gasteiger partial charge in [-0.15, -0.1) is 11.3 Å². The van der Waals surface area contributed by atoms with Crippen molar-refractivity contribution in [2.45, 2.75) is 26.3 Å². The van der Waals surface area contributed by atoms with Crippen molar-refractivity contribution in [3.05, 3.63) is 45.7 Å². The molecule has 3 rings (SSSR count). The highest BCUT2D eigenvalue weighted by Crippen LogP contribution is 2.32. The minimum absolute atomic E-state index is 0.131. The van der Waals surface area contributed by atoms with Crippen LogP contribution in [-0.4, -0.2) is 15.5 Å². The molecule has 114 valence electrons. The number of H-pyrrole nitrogens is 1. The largest absolute Gasteiger partial charge is 0.351 e. The second-order valence-electron chi connectivity index (χ2n) is 6.13. The Morgan fingerprint density at radius 3 is 2.55 bits per heavy atom. The van der Waals surface area contributed by atoms with Gasteiger partial charge in [0.2, 0.25) is 5.95 Å². The molecule has 0 bridgehead atoms. The standard InChI is InChI=1S/C16H16ClN3OS/c1-16(2,3)20-15-18-13(21)11-8-12(22-14(11)19-15)9-4-6-10(17)7-5-9/h4-8H,1-3H3,(H2,18,19,20,21). The van der Waals surface area contributed by atoms with Crippen LogP contribution >= 0.6 is 22.9 Å². The number of halogens is 1. The van der Waals surface area contributed by atoms with E-state index in [2.05, 4.69) is 15.3 Å². The number of thiophene rings is 1. The first kappa shape index (κ1) is 15.1. The first-order valence-corrected chi connectivity index (χ1v) is 8.09. The van der Waals surface area contributed by atoms with Gasteiger partial charge in [-0.05, 0) is 44.5 Å². The average molecular weight is 334 g/mol. The van der Waals surface area contributed by atoms with Crippen LogP contribution in [0.4, 0.5) is 5.95 Å². The van der Waals surface area contributed by atoms with E-state index in [1.807, 2.05) is 51.1 Å². The molecule has 2 aromatic heterocycles. The highest BCUT2D eigenvalue weighted by molar-refractivity contribution is 7.21. The van der Waals surface area contributed by atoms with Crippen LogP contribution < -0.4 is 10.9 Å². The molecule has 0 aliphatic heterocycles. The van der Waals surface area contributed by atoms with Crippen molar-refractivity contribution in [1.29, 1.82) is 0 Å². The Hall–Kier alpha value is -1.85. The summed E-state index contributed by atoms with van der Waals surface area (Å²) in [6.45, 7) is 6.06. The fourth-order valence-electron chi connectivity index (χ4n) is 2.10. The summed E-state index contributed by atoms with van der Waals surface area (Å²) in [6.07, 6.45) is 0. The number of nitrogens with one attached hydrogen (secondary N) is 2. The summed E-state index contributed by atoms with van der Waals surface area (Å²) in [5, 5.41) is 4.49. The number of anilines is 1.